The number of methoxy groups -OCH3 is 1. The van der Waals surface area contributed by atoms with Gasteiger partial charge in [-0.3, -0.25) is 10.2 Å². The number of urea groups is 1. The van der Waals surface area contributed by atoms with E-state index >= 15 is 0 Å². The van der Waals surface area contributed by atoms with Gasteiger partial charge < -0.3 is 23.8 Å². The number of aromatic nitrogens is 3. The van der Waals surface area contributed by atoms with Gasteiger partial charge in [0, 0.05) is 19.2 Å². The molecule has 3 aliphatic heterocycles. The van der Waals surface area contributed by atoms with E-state index in [1.54, 1.807) is 29.3 Å². The van der Waals surface area contributed by atoms with E-state index in [2.05, 4.69) is 25.2 Å². The predicted octanol–water partition coefficient (Wildman–Crippen LogP) is 2.21. The summed E-state index contributed by atoms with van der Waals surface area (Å²) in [5, 5.41) is 2.84. The van der Waals surface area contributed by atoms with Crippen LogP contribution < -0.4 is 19.9 Å². The van der Waals surface area contributed by atoms with Crippen molar-refractivity contribution in [3.8, 4) is 5.88 Å². The molecule has 0 aliphatic carbocycles. The van der Waals surface area contributed by atoms with Gasteiger partial charge in [0.05, 0.1) is 31.6 Å². The minimum absolute atomic E-state index is 0.0972. The van der Waals surface area contributed by atoms with Crippen molar-refractivity contribution in [2.24, 2.45) is 0 Å². The lowest BCUT2D eigenvalue weighted by atomic mass is 10.0. The van der Waals surface area contributed by atoms with Crippen LogP contribution in [0.4, 0.5) is 22.1 Å². The van der Waals surface area contributed by atoms with Gasteiger partial charge in [0.15, 0.2) is 11.6 Å². The number of carbonyl (C=O) groups is 2. The largest absolute Gasteiger partial charge is 0.475 e. The lowest BCUT2D eigenvalue weighted by molar-refractivity contribution is -0.141. The Labute approximate surface area is 202 Å². The van der Waals surface area contributed by atoms with E-state index in [1.165, 1.54) is 7.11 Å². The molecule has 2 atom stereocenters. The number of hydrogen-bond acceptors (Lipinski definition) is 10. The molecule has 2 amide bonds. The molecule has 5 heterocycles. The van der Waals surface area contributed by atoms with Crippen LogP contribution in [0.15, 0.2) is 24.4 Å². The van der Waals surface area contributed by atoms with Gasteiger partial charge in [0.25, 0.3) is 0 Å². The maximum atomic E-state index is 13.4. The molecule has 5 rings (SSSR count). The number of amides is 2. The topological polar surface area (TPSA) is 128 Å². The van der Waals surface area contributed by atoms with E-state index in [0.717, 1.165) is 19.4 Å². The van der Waals surface area contributed by atoms with Gasteiger partial charge in [-0.2, -0.15) is 4.98 Å². The monoisotopic (exact) mass is 484 g/mol. The second-order valence-corrected chi connectivity index (χ2v) is 9.06. The molecule has 0 aromatic carbocycles. The van der Waals surface area contributed by atoms with Gasteiger partial charge in [0.2, 0.25) is 11.7 Å². The van der Waals surface area contributed by atoms with Crippen LogP contribution in [-0.2, 0) is 14.2 Å². The van der Waals surface area contributed by atoms with E-state index in [1.807, 2.05) is 13.8 Å². The number of carbonyl (C=O) groups excluding carboxylic acids is 2. The Hall–Kier alpha value is -3.51. The average molecular weight is 485 g/mol. The van der Waals surface area contributed by atoms with Crippen molar-refractivity contribution >= 4 is 29.3 Å². The first-order chi connectivity index (χ1) is 16.8. The molecule has 0 saturated carbocycles. The number of ether oxygens (including phenoxy) is 4. The van der Waals surface area contributed by atoms with Crippen molar-refractivity contribution < 1.29 is 28.5 Å². The van der Waals surface area contributed by atoms with Crippen molar-refractivity contribution in [3.05, 3.63) is 30.2 Å². The summed E-state index contributed by atoms with van der Waals surface area (Å²) in [5.41, 5.74) is 0.704. The minimum Gasteiger partial charge on any atom is -0.475 e. The van der Waals surface area contributed by atoms with Crippen LogP contribution in [0, 0.1) is 0 Å². The van der Waals surface area contributed by atoms with Gasteiger partial charge in [0.1, 0.15) is 18.5 Å². The Morgan fingerprint density at radius 2 is 2.14 bits per heavy atom. The first-order valence-electron chi connectivity index (χ1n) is 11.5. The fraction of sp³-hybridized carbons (Fsp3) is 0.522. The lowest BCUT2D eigenvalue weighted by Gasteiger charge is -2.45. The molecule has 2 aromatic heterocycles. The molecule has 2 bridgehead atoms. The van der Waals surface area contributed by atoms with Crippen molar-refractivity contribution in [2.75, 3.05) is 48.5 Å². The molecule has 1 unspecified atom stereocenters. The fourth-order valence-electron chi connectivity index (χ4n) is 4.53. The predicted molar refractivity (Wildman–Crippen MR) is 125 cm³/mol. The SMILES string of the molecule is COC(=O)c1ncc2c(n1)N(C(=O)Nc1cccc(OC[C@@H]3COC(C)(C)O3)n1)C1CCCN2C1. The number of piperidine rings is 1. The van der Waals surface area contributed by atoms with Crippen LogP contribution in [0.2, 0.25) is 0 Å². The highest BCUT2D eigenvalue weighted by Crippen LogP contribution is 2.37. The van der Waals surface area contributed by atoms with Crippen LogP contribution in [0.5, 0.6) is 5.88 Å². The van der Waals surface area contributed by atoms with Crippen molar-refractivity contribution in [2.45, 2.75) is 44.6 Å². The molecule has 12 nitrogen and oxygen atoms in total. The highest BCUT2D eigenvalue weighted by molar-refractivity contribution is 6.04. The fourth-order valence-corrected chi connectivity index (χ4v) is 4.53. The maximum Gasteiger partial charge on any atom is 0.376 e. The zero-order valence-corrected chi connectivity index (χ0v) is 19.9. The van der Waals surface area contributed by atoms with Gasteiger partial charge >= 0.3 is 12.0 Å². The number of esters is 1. The van der Waals surface area contributed by atoms with E-state index in [0.29, 0.717) is 36.4 Å². The first-order valence-corrected chi connectivity index (χ1v) is 11.5. The van der Waals surface area contributed by atoms with Crippen LogP contribution in [0.1, 0.15) is 37.3 Å². The molecule has 1 N–H and O–H groups in total. The number of anilines is 3. The van der Waals surface area contributed by atoms with Gasteiger partial charge in [-0.1, -0.05) is 6.07 Å². The van der Waals surface area contributed by atoms with Crippen LogP contribution in [0.25, 0.3) is 0 Å². The Bertz CT molecular complexity index is 1130. The van der Waals surface area contributed by atoms with E-state index < -0.39 is 17.8 Å². The lowest BCUT2D eigenvalue weighted by Crippen LogP contribution is -2.56. The van der Waals surface area contributed by atoms with Crippen LogP contribution in [0.3, 0.4) is 0 Å². The number of nitrogens with zero attached hydrogens (tertiary/aromatic N) is 5. The quantitative estimate of drug-likeness (QED) is 0.631. The number of hydrogen-bond donors (Lipinski definition) is 1. The highest BCUT2D eigenvalue weighted by atomic mass is 16.7. The molecular formula is C23H28N6O6. The van der Waals surface area contributed by atoms with Crippen molar-refractivity contribution in [1.82, 2.24) is 15.0 Å². The summed E-state index contributed by atoms with van der Waals surface area (Å²) in [6, 6.07) is 4.64. The summed E-state index contributed by atoms with van der Waals surface area (Å²) in [6.07, 6.45) is 3.11. The normalized spacial score (nSPS) is 22.4. The molecule has 35 heavy (non-hydrogen) atoms. The second kappa shape index (κ2) is 9.27. The summed E-state index contributed by atoms with van der Waals surface area (Å²) in [7, 11) is 1.27. The molecule has 0 spiro atoms. The number of fused-ring (bicyclic) bond motifs is 4. The number of nitrogens with one attached hydrogen (secondary N) is 1. The third kappa shape index (κ3) is 4.84. The third-order valence-corrected chi connectivity index (χ3v) is 6.11. The van der Waals surface area contributed by atoms with E-state index in [4.69, 9.17) is 18.9 Å². The summed E-state index contributed by atoms with van der Waals surface area (Å²) in [6.45, 7) is 5.92. The molecular weight excluding hydrogens is 456 g/mol. The van der Waals surface area contributed by atoms with Gasteiger partial charge in [-0.05, 0) is 32.8 Å². The Balaban J connectivity index is 1.33. The molecule has 2 saturated heterocycles. The van der Waals surface area contributed by atoms with Crippen molar-refractivity contribution in [1.29, 1.82) is 0 Å². The smallest absolute Gasteiger partial charge is 0.376 e. The Morgan fingerprint density at radius 3 is 2.91 bits per heavy atom. The van der Waals surface area contributed by atoms with E-state index in [9.17, 15) is 9.59 Å². The Kier molecular flexibility index (Phi) is 6.15. The summed E-state index contributed by atoms with van der Waals surface area (Å²) in [4.78, 5) is 42.1. The number of pyridine rings is 1. The average Bonchev–Trinajstić information content (AvgIpc) is 3.21. The standard InChI is InChI=1S/C23H28N6O6/c1-23(2)34-13-15(35-23)12-33-18-8-4-7-17(25-18)26-22(31)29-14-6-5-9-28(11-14)16-10-24-19(21(30)32-3)27-20(16)29/h4,7-8,10,14-15H,5-6,9,11-13H2,1-3H3,(H,25,26,31)/t14?,15-/m1/s1. The molecule has 3 aliphatic rings. The Morgan fingerprint density at radius 1 is 1.29 bits per heavy atom. The number of rotatable bonds is 5. The molecule has 2 fully saturated rings. The zero-order valence-electron chi connectivity index (χ0n) is 19.9. The molecule has 2 aromatic rings. The second-order valence-electron chi connectivity index (χ2n) is 9.06. The highest BCUT2D eigenvalue weighted by Gasteiger charge is 2.39. The summed E-state index contributed by atoms with van der Waals surface area (Å²) < 4.78 is 21.8. The molecule has 12 heteroatoms. The van der Waals surface area contributed by atoms with Crippen molar-refractivity contribution in [3.63, 3.8) is 0 Å². The van der Waals surface area contributed by atoms with Gasteiger partial charge in [-0.15, -0.1) is 0 Å². The maximum absolute atomic E-state index is 13.4. The summed E-state index contributed by atoms with van der Waals surface area (Å²) >= 11 is 0. The first kappa shape index (κ1) is 23.2. The van der Waals surface area contributed by atoms with Crippen LogP contribution >= 0.6 is 0 Å². The van der Waals surface area contributed by atoms with Crippen LogP contribution in [-0.4, -0.2) is 78.3 Å². The minimum atomic E-state index is -0.662. The zero-order chi connectivity index (χ0) is 24.6. The third-order valence-electron chi connectivity index (χ3n) is 6.11. The van der Waals surface area contributed by atoms with E-state index in [-0.39, 0.29) is 24.6 Å². The molecule has 0 radical (unpaired) electrons. The molecule has 186 valence electrons. The summed E-state index contributed by atoms with van der Waals surface area (Å²) in [5.74, 6) is -0.325. The van der Waals surface area contributed by atoms with Gasteiger partial charge in [-0.25, -0.2) is 19.6 Å².